The van der Waals surface area contributed by atoms with Crippen molar-refractivity contribution in [1.82, 2.24) is 0 Å². The minimum absolute atomic E-state index is 0.135. The van der Waals surface area contributed by atoms with Gasteiger partial charge < -0.3 is 18.6 Å². The standard InChI is InChI=1S/C22H24O7/c1-6-12(3)21(25)28-20-19(26-15(23)7-2)17-14(29-22(20,4)5)10-8-13-9-11-16(24)27-18(13)17/h6,8-11,19-20H,7H2,1-5H3/b12-6-. The van der Waals surface area contributed by atoms with Crippen LogP contribution in [0.15, 0.2) is 45.1 Å². The number of carbonyl (C=O) groups is 2. The highest BCUT2D eigenvalue weighted by Crippen LogP contribution is 2.46. The molecule has 7 heteroatoms. The van der Waals surface area contributed by atoms with Crippen LogP contribution < -0.4 is 10.4 Å². The summed E-state index contributed by atoms with van der Waals surface area (Å²) in [4.78, 5) is 36.6. The molecule has 0 saturated heterocycles. The van der Waals surface area contributed by atoms with Gasteiger partial charge in [0.25, 0.3) is 0 Å². The maximum absolute atomic E-state index is 12.5. The average Bonchev–Trinajstić information content (AvgIpc) is 2.68. The van der Waals surface area contributed by atoms with Gasteiger partial charge in [0.05, 0.1) is 5.56 Å². The number of ether oxygens (including phenoxy) is 3. The highest BCUT2D eigenvalue weighted by atomic mass is 16.6. The lowest BCUT2D eigenvalue weighted by molar-refractivity contribution is -0.187. The van der Waals surface area contributed by atoms with Gasteiger partial charge in [0.2, 0.25) is 0 Å². The van der Waals surface area contributed by atoms with Crippen molar-refractivity contribution in [3.8, 4) is 5.75 Å². The van der Waals surface area contributed by atoms with Crippen molar-refractivity contribution >= 4 is 22.9 Å². The summed E-state index contributed by atoms with van der Waals surface area (Å²) in [6, 6.07) is 6.40. The molecule has 1 aliphatic heterocycles. The van der Waals surface area contributed by atoms with Crippen molar-refractivity contribution in [1.29, 1.82) is 0 Å². The molecule has 7 nitrogen and oxygen atoms in total. The Labute approximate surface area is 168 Å². The predicted molar refractivity (Wildman–Crippen MR) is 106 cm³/mol. The molecule has 0 fully saturated rings. The molecule has 3 rings (SSSR count). The highest BCUT2D eigenvalue weighted by molar-refractivity contribution is 5.88. The van der Waals surface area contributed by atoms with Gasteiger partial charge in [-0.25, -0.2) is 9.59 Å². The summed E-state index contributed by atoms with van der Waals surface area (Å²) in [7, 11) is 0. The van der Waals surface area contributed by atoms with E-state index < -0.39 is 35.4 Å². The van der Waals surface area contributed by atoms with Crippen LogP contribution in [-0.4, -0.2) is 23.6 Å². The van der Waals surface area contributed by atoms with E-state index in [-0.39, 0.29) is 12.0 Å². The zero-order valence-corrected chi connectivity index (χ0v) is 17.1. The van der Waals surface area contributed by atoms with Crippen molar-refractivity contribution in [2.24, 2.45) is 0 Å². The van der Waals surface area contributed by atoms with Gasteiger partial charge in [0.15, 0.2) is 12.2 Å². The van der Waals surface area contributed by atoms with Crippen LogP contribution in [0.3, 0.4) is 0 Å². The number of hydrogen-bond donors (Lipinski definition) is 0. The smallest absolute Gasteiger partial charge is 0.336 e. The predicted octanol–water partition coefficient (Wildman–Crippen LogP) is 3.84. The Bertz CT molecular complexity index is 1040. The van der Waals surface area contributed by atoms with Gasteiger partial charge in [0.1, 0.15) is 16.9 Å². The Morgan fingerprint density at radius 2 is 1.86 bits per heavy atom. The SMILES string of the molecule is C/C=C(/C)C(=O)OC1C(OC(=O)CC)c2c(ccc3ccc(=O)oc23)OC1(C)C. The second kappa shape index (κ2) is 7.73. The third-order valence-corrected chi connectivity index (χ3v) is 4.94. The molecule has 2 atom stereocenters. The molecule has 29 heavy (non-hydrogen) atoms. The first-order chi connectivity index (χ1) is 13.7. The lowest BCUT2D eigenvalue weighted by Gasteiger charge is -2.43. The van der Waals surface area contributed by atoms with Crippen molar-refractivity contribution in [3.63, 3.8) is 0 Å². The zero-order valence-electron chi connectivity index (χ0n) is 17.1. The molecule has 0 bridgehead atoms. The van der Waals surface area contributed by atoms with Gasteiger partial charge >= 0.3 is 17.6 Å². The van der Waals surface area contributed by atoms with Crippen LogP contribution in [0.4, 0.5) is 0 Å². The Morgan fingerprint density at radius 3 is 2.52 bits per heavy atom. The van der Waals surface area contributed by atoms with Crippen LogP contribution in [0.5, 0.6) is 5.75 Å². The van der Waals surface area contributed by atoms with Crippen molar-refractivity contribution in [2.75, 3.05) is 0 Å². The van der Waals surface area contributed by atoms with Crippen molar-refractivity contribution in [3.05, 3.63) is 51.9 Å². The maximum Gasteiger partial charge on any atom is 0.336 e. The number of allylic oxidation sites excluding steroid dienone is 1. The summed E-state index contributed by atoms with van der Waals surface area (Å²) in [6.45, 7) is 8.52. The fraction of sp³-hybridized carbons (Fsp3) is 0.409. The second-order valence-corrected chi connectivity index (χ2v) is 7.42. The van der Waals surface area contributed by atoms with Gasteiger partial charge in [0, 0.05) is 23.4 Å². The summed E-state index contributed by atoms with van der Waals surface area (Å²) in [6.07, 6.45) is -0.182. The van der Waals surface area contributed by atoms with E-state index in [1.807, 2.05) is 0 Å². The van der Waals surface area contributed by atoms with Crippen LogP contribution in [0.2, 0.25) is 0 Å². The zero-order chi connectivity index (χ0) is 21.3. The summed E-state index contributed by atoms with van der Waals surface area (Å²) >= 11 is 0. The number of esters is 2. The fourth-order valence-electron chi connectivity index (χ4n) is 3.23. The van der Waals surface area contributed by atoms with Gasteiger partial charge in [-0.3, -0.25) is 4.79 Å². The van der Waals surface area contributed by atoms with Crippen LogP contribution in [0.1, 0.15) is 52.7 Å². The summed E-state index contributed by atoms with van der Waals surface area (Å²) < 4.78 is 22.9. The molecule has 1 aromatic carbocycles. The first kappa shape index (κ1) is 20.6. The quantitative estimate of drug-likeness (QED) is 0.437. The maximum atomic E-state index is 12.5. The third kappa shape index (κ3) is 3.90. The van der Waals surface area contributed by atoms with E-state index in [0.717, 1.165) is 0 Å². The van der Waals surface area contributed by atoms with E-state index in [2.05, 4.69) is 0 Å². The first-order valence-corrected chi connectivity index (χ1v) is 9.47. The molecule has 0 aliphatic carbocycles. The van der Waals surface area contributed by atoms with Gasteiger partial charge in [-0.15, -0.1) is 0 Å². The molecule has 0 N–H and O–H groups in total. The van der Waals surface area contributed by atoms with E-state index in [0.29, 0.717) is 22.3 Å². The lowest BCUT2D eigenvalue weighted by Crippen LogP contribution is -2.52. The molecule has 0 amide bonds. The Balaban J connectivity index is 2.21. The van der Waals surface area contributed by atoms with E-state index in [4.69, 9.17) is 18.6 Å². The third-order valence-electron chi connectivity index (χ3n) is 4.94. The summed E-state index contributed by atoms with van der Waals surface area (Å²) in [5.74, 6) is -0.615. The fourth-order valence-corrected chi connectivity index (χ4v) is 3.23. The largest absolute Gasteiger partial charge is 0.483 e. The molecule has 1 aromatic heterocycles. The van der Waals surface area contributed by atoms with Gasteiger partial charge in [-0.05, 0) is 45.9 Å². The molecular formula is C22H24O7. The van der Waals surface area contributed by atoms with E-state index in [9.17, 15) is 14.4 Å². The Morgan fingerprint density at radius 1 is 1.17 bits per heavy atom. The van der Waals surface area contributed by atoms with Gasteiger partial charge in [-0.1, -0.05) is 13.0 Å². The number of rotatable bonds is 4. The van der Waals surface area contributed by atoms with Gasteiger partial charge in [-0.2, -0.15) is 0 Å². The van der Waals surface area contributed by atoms with Crippen molar-refractivity contribution in [2.45, 2.75) is 58.8 Å². The Kier molecular flexibility index (Phi) is 5.50. The molecule has 0 radical (unpaired) electrons. The van der Waals surface area contributed by atoms with Crippen LogP contribution in [0, 0.1) is 0 Å². The van der Waals surface area contributed by atoms with Crippen LogP contribution in [0.25, 0.3) is 11.0 Å². The normalized spacial score (nSPS) is 20.5. The first-order valence-electron chi connectivity index (χ1n) is 9.47. The van der Waals surface area contributed by atoms with E-state index in [1.54, 1.807) is 58.9 Å². The molecular weight excluding hydrogens is 376 g/mol. The molecule has 0 spiro atoms. The number of fused-ring (bicyclic) bond motifs is 3. The number of benzene rings is 1. The molecule has 1 aliphatic rings. The van der Waals surface area contributed by atoms with E-state index in [1.165, 1.54) is 6.07 Å². The highest BCUT2D eigenvalue weighted by Gasteiger charge is 2.50. The minimum Gasteiger partial charge on any atom is -0.483 e. The molecule has 2 unspecified atom stereocenters. The number of hydrogen-bond acceptors (Lipinski definition) is 7. The average molecular weight is 400 g/mol. The molecule has 0 saturated carbocycles. The van der Waals surface area contributed by atoms with Crippen LogP contribution in [-0.2, 0) is 19.1 Å². The summed E-state index contributed by atoms with van der Waals surface area (Å²) in [5.41, 5.74) is -0.523. The molecule has 2 heterocycles. The Hall–Kier alpha value is -3.09. The van der Waals surface area contributed by atoms with Crippen LogP contribution >= 0.6 is 0 Å². The minimum atomic E-state index is -1.00. The topological polar surface area (TPSA) is 92.0 Å². The lowest BCUT2D eigenvalue weighted by atomic mass is 9.87. The van der Waals surface area contributed by atoms with E-state index >= 15 is 0 Å². The second-order valence-electron chi connectivity index (χ2n) is 7.42. The van der Waals surface area contributed by atoms with Crippen molar-refractivity contribution < 1.29 is 28.2 Å². The molecule has 2 aromatic rings. The summed E-state index contributed by atoms with van der Waals surface area (Å²) in [5, 5.41) is 0.638. The monoisotopic (exact) mass is 400 g/mol. The molecule has 154 valence electrons. The number of carbonyl (C=O) groups excluding carboxylic acids is 2.